The zero-order chi connectivity index (χ0) is 45.7. The van der Waals surface area contributed by atoms with Gasteiger partial charge in [0.05, 0.1) is 11.1 Å². The highest BCUT2D eigenvalue weighted by Crippen LogP contribution is 2.58. The lowest BCUT2D eigenvalue weighted by Crippen LogP contribution is -2.28. The van der Waals surface area contributed by atoms with E-state index in [2.05, 4.69) is 266 Å². The van der Waals surface area contributed by atoms with Crippen molar-refractivity contribution in [1.82, 2.24) is 0 Å². The van der Waals surface area contributed by atoms with E-state index in [9.17, 15) is 0 Å². The van der Waals surface area contributed by atoms with E-state index in [0.29, 0.717) is 0 Å². The topological polar surface area (TPSA) is 16.4 Å². The quantitative estimate of drug-likeness (QED) is 0.144. The second kappa shape index (κ2) is 16.7. The summed E-state index contributed by atoms with van der Waals surface area (Å²) < 4.78 is 6.30. The first-order chi connectivity index (χ1) is 34.2. The van der Waals surface area contributed by atoms with Crippen LogP contribution in [-0.2, 0) is 5.41 Å². The number of hydrogen-bond donors (Lipinski definition) is 0. The highest BCUT2D eigenvalue weighted by molar-refractivity contribution is 6.07. The van der Waals surface area contributed by atoms with Crippen molar-refractivity contribution in [3.05, 3.63) is 295 Å². The summed E-state index contributed by atoms with van der Waals surface area (Å²) in [5, 5.41) is 2.22. The predicted octanol–water partition coefficient (Wildman–Crippen LogP) is 18.1. The second-order valence-electron chi connectivity index (χ2n) is 18.0. The van der Waals surface area contributed by atoms with Crippen molar-refractivity contribution in [1.29, 1.82) is 0 Å². The van der Waals surface area contributed by atoms with Crippen LogP contribution in [0.15, 0.2) is 277 Å². The molecular formula is C67H45NO. The van der Waals surface area contributed by atoms with Crippen LogP contribution in [-0.4, -0.2) is 0 Å². The summed E-state index contributed by atoms with van der Waals surface area (Å²) in [4.78, 5) is 2.42. The fourth-order valence-electron chi connectivity index (χ4n) is 11.1. The van der Waals surface area contributed by atoms with Crippen molar-refractivity contribution >= 4 is 39.0 Å². The Morgan fingerprint density at radius 2 is 0.783 bits per heavy atom. The molecule has 0 unspecified atom stereocenters. The molecule has 1 heterocycles. The molecule has 0 atom stereocenters. The van der Waals surface area contributed by atoms with Gasteiger partial charge in [0, 0.05) is 27.7 Å². The van der Waals surface area contributed by atoms with Gasteiger partial charge in [0.1, 0.15) is 11.2 Å². The molecule has 2 nitrogen and oxygen atoms in total. The lowest BCUT2D eigenvalue weighted by atomic mass is 9.67. The maximum Gasteiger partial charge on any atom is 0.135 e. The Labute approximate surface area is 402 Å². The Bertz CT molecular complexity index is 3780. The van der Waals surface area contributed by atoms with Crippen LogP contribution in [0.1, 0.15) is 22.3 Å². The maximum atomic E-state index is 6.30. The molecule has 69 heavy (non-hydrogen) atoms. The lowest BCUT2D eigenvalue weighted by Gasteiger charge is -2.34. The Hall–Kier alpha value is -8.98. The first-order valence-electron chi connectivity index (χ1n) is 23.7. The van der Waals surface area contributed by atoms with E-state index in [0.717, 1.165) is 61.3 Å². The summed E-state index contributed by atoms with van der Waals surface area (Å²) in [6, 6.07) is 99.3. The third kappa shape index (κ3) is 6.72. The molecular weight excluding hydrogens is 835 g/mol. The molecule has 0 amide bonds. The largest absolute Gasteiger partial charge is 0.456 e. The molecule has 1 aromatic heterocycles. The molecule has 0 saturated heterocycles. The molecule has 1 aliphatic rings. The number of nitrogens with zero attached hydrogens (tertiary/aromatic N) is 1. The molecule has 0 N–H and O–H groups in total. The highest BCUT2D eigenvalue weighted by Gasteiger charge is 2.46. The third-order valence-corrected chi connectivity index (χ3v) is 14.2. The number of furan rings is 1. The van der Waals surface area contributed by atoms with Crippen LogP contribution >= 0.6 is 0 Å². The summed E-state index contributed by atoms with van der Waals surface area (Å²) in [6.07, 6.45) is 0. The second-order valence-corrected chi connectivity index (χ2v) is 18.0. The highest BCUT2D eigenvalue weighted by atomic mass is 16.3. The van der Waals surface area contributed by atoms with Gasteiger partial charge in [-0.2, -0.15) is 0 Å². The number of rotatable bonds is 9. The van der Waals surface area contributed by atoms with E-state index in [1.807, 2.05) is 12.1 Å². The molecule has 0 aliphatic heterocycles. The predicted molar refractivity (Wildman–Crippen MR) is 287 cm³/mol. The first kappa shape index (κ1) is 40.3. The number of benzene rings is 11. The Kier molecular flexibility index (Phi) is 9.77. The van der Waals surface area contributed by atoms with Gasteiger partial charge in [-0.15, -0.1) is 0 Å². The van der Waals surface area contributed by atoms with E-state index in [1.54, 1.807) is 0 Å². The molecule has 0 spiro atoms. The van der Waals surface area contributed by atoms with Crippen LogP contribution in [0.25, 0.3) is 77.6 Å². The van der Waals surface area contributed by atoms with Gasteiger partial charge in [0.15, 0.2) is 0 Å². The van der Waals surface area contributed by atoms with Gasteiger partial charge in [-0.25, -0.2) is 0 Å². The molecule has 11 aromatic carbocycles. The smallest absolute Gasteiger partial charge is 0.135 e. The zero-order valence-corrected chi connectivity index (χ0v) is 37.8. The monoisotopic (exact) mass is 879 g/mol. The van der Waals surface area contributed by atoms with Crippen molar-refractivity contribution in [3.63, 3.8) is 0 Å². The van der Waals surface area contributed by atoms with Gasteiger partial charge in [0.25, 0.3) is 0 Å². The van der Waals surface area contributed by atoms with E-state index < -0.39 is 5.41 Å². The van der Waals surface area contributed by atoms with Crippen LogP contribution in [0, 0.1) is 0 Å². The van der Waals surface area contributed by atoms with E-state index in [1.165, 1.54) is 55.6 Å². The maximum absolute atomic E-state index is 6.30. The minimum Gasteiger partial charge on any atom is -0.456 e. The van der Waals surface area contributed by atoms with Gasteiger partial charge >= 0.3 is 0 Å². The normalized spacial score (nSPS) is 12.5. The summed E-state index contributed by atoms with van der Waals surface area (Å²) in [5.41, 5.74) is 21.5. The van der Waals surface area contributed by atoms with Crippen LogP contribution in [0.5, 0.6) is 0 Å². The SMILES string of the molecule is c1ccc(-c2ccc(-c3ccc(N(c4cccc(-c5cccc6c5-c5ccccc5C6(c5ccccc5)c5ccccc5)c4)c4ccccc4-c4ccc5oc6ccccc6c5c4)cc3)cc2)cc1. The molecule has 12 aromatic rings. The van der Waals surface area contributed by atoms with Gasteiger partial charge < -0.3 is 9.32 Å². The Morgan fingerprint density at radius 3 is 1.51 bits per heavy atom. The van der Waals surface area contributed by atoms with Crippen LogP contribution in [0.4, 0.5) is 17.1 Å². The van der Waals surface area contributed by atoms with Crippen molar-refractivity contribution in [2.75, 3.05) is 4.90 Å². The summed E-state index contributed by atoms with van der Waals surface area (Å²) >= 11 is 0. The molecule has 324 valence electrons. The third-order valence-electron chi connectivity index (χ3n) is 14.2. The number of fused-ring (bicyclic) bond motifs is 6. The lowest BCUT2D eigenvalue weighted by molar-refractivity contribution is 0.669. The average molecular weight is 880 g/mol. The van der Waals surface area contributed by atoms with E-state index >= 15 is 0 Å². The van der Waals surface area contributed by atoms with Crippen LogP contribution in [0.3, 0.4) is 0 Å². The van der Waals surface area contributed by atoms with Crippen molar-refractivity contribution in [2.24, 2.45) is 0 Å². The minimum atomic E-state index is -0.488. The van der Waals surface area contributed by atoms with Gasteiger partial charge in [-0.3, -0.25) is 0 Å². The Morgan fingerprint density at radius 1 is 0.290 bits per heavy atom. The fourth-order valence-corrected chi connectivity index (χ4v) is 11.1. The first-order valence-corrected chi connectivity index (χ1v) is 23.7. The minimum absolute atomic E-state index is 0.488. The van der Waals surface area contributed by atoms with Crippen LogP contribution in [0.2, 0.25) is 0 Å². The molecule has 0 bridgehead atoms. The standard InChI is InChI=1S/C67H45NO/c1-4-18-46(19-5-1)47-34-36-48(37-35-47)49-38-41-54(42-39-49)68(63-32-14-11-26-56(63)51-40-43-65-60(45-51)58-27-12-15-33-64(58)69-65)55-25-16-20-50(44-55)57-29-17-31-62-66(57)59-28-10-13-30-61(59)67(62,52-21-6-2-7-22-52)53-23-8-3-9-24-53/h1-45H. The Balaban J connectivity index is 0.978. The molecule has 1 aliphatic carbocycles. The van der Waals surface area contributed by atoms with Crippen molar-refractivity contribution < 1.29 is 4.42 Å². The summed E-state index contributed by atoms with van der Waals surface area (Å²) in [7, 11) is 0. The number of anilines is 3. The molecule has 0 fully saturated rings. The summed E-state index contributed by atoms with van der Waals surface area (Å²) in [5.74, 6) is 0. The van der Waals surface area contributed by atoms with E-state index in [-0.39, 0.29) is 0 Å². The van der Waals surface area contributed by atoms with Gasteiger partial charge in [-0.05, 0) is 121 Å². The van der Waals surface area contributed by atoms with Crippen LogP contribution < -0.4 is 4.90 Å². The molecule has 2 heteroatoms. The van der Waals surface area contributed by atoms with Gasteiger partial charge in [-0.1, -0.05) is 224 Å². The molecule has 0 radical (unpaired) electrons. The van der Waals surface area contributed by atoms with Crippen molar-refractivity contribution in [2.45, 2.75) is 5.41 Å². The zero-order valence-electron chi connectivity index (χ0n) is 37.8. The molecule has 0 saturated carbocycles. The fraction of sp³-hybridized carbons (Fsp3) is 0.0149. The summed E-state index contributed by atoms with van der Waals surface area (Å²) in [6.45, 7) is 0. The van der Waals surface area contributed by atoms with E-state index in [4.69, 9.17) is 4.42 Å². The van der Waals surface area contributed by atoms with Gasteiger partial charge in [0.2, 0.25) is 0 Å². The number of hydrogen-bond acceptors (Lipinski definition) is 2. The van der Waals surface area contributed by atoms with Crippen molar-refractivity contribution in [3.8, 4) is 55.6 Å². The number of para-hydroxylation sites is 2. The average Bonchev–Trinajstić information content (AvgIpc) is 3.96. The molecule has 13 rings (SSSR count).